The van der Waals surface area contributed by atoms with Crippen LogP contribution in [0.15, 0.2) is 84.9 Å². The van der Waals surface area contributed by atoms with Crippen molar-refractivity contribution >= 4 is 16.6 Å². The van der Waals surface area contributed by atoms with Gasteiger partial charge >= 0.3 is 0 Å². The van der Waals surface area contributed by atoms with Crippen LogP contribution in [0, 0.1) is 0 Å². The Bertz CT molecular complexity index is 1180. The van der Waals surface area contributed by atoms with Gasteiger partial charge in [0.25, 0.3) is 0 Å². The van der Waals surface area contributed by atoms with Crippen molar-refractivity contribution in [3.8, 4) is 17.0 Å². The molecule has 1 heterocycles. The van der Waals surface area contributed by atoms with Crippen LogP contribution >= 0.6 is 0 Å². The monoisotopic (exact) mass is 458 g/mol. The van der Waals surface area contributed by atoms with Crippen molar-refractivity contribution in [2.45, 2.75) is 26.6 Å². The van der Waals surface area contributed by atoms with E-state index in [0.717, 1.165) is 40.8 Å². The summed E-state index contributed by atoms with van der Waals surface area (Å²) in [5.41, 5.74) is 5.01. The van der Waals surface area contributed by atoms with E-state index in [-0.39, 0.29) is 6.61 Å². The molecule has 1 atom stereocenters. The Hall–Kier alpha value is -3.44. The molecule has 0 aliphatic heterocycles. The van der Waals surface area contributed by atoms with Gasteiger partial charge in [0, 0.05) is 35.8 Å². The van der Waals surface area contributed by atoms with Crippen molar-refractivity contribution in [3.63, 3.8) is 0 Å². The first-order chi connectivity index (χ1) is 16.7. The van der Waals surface area contributed by atoms with Crippen LogP contribution in [0.25, 0.3) is 22.2 Å². The summed E-state index contributed by atoms with van der Waals surface area (Å²) in [5, 5.41) is 1.01. The predicted octanol–water partition coefficient (Wildman–Crippen LogP) is 6.68. The van der Waals surface area contributed by atoms with Gasteiger partial charge in [-0.05, 0) is 49.7 Å². The largest absolute Gasteiger partial charge is 0.485 e. The molecule has 176 valence electrons. The molecule has 3 aromatic carbocycles. The topological polar surface area (TPSA) is 34.6 Å². The van der Waals surface area contributed by atoms with Crippen LogP contribution in [0.5, 0.6) is 5.75 Å². The lowest BCUT2D eigenvalue weighted by molar-refractivity contribution is 0.0298. The number of anilines is 1. The molecule has 0 saturated carbocycles. The summed E-state index contributed by atoms with van der Waals surface area (Å²) in [4.78, 5) is 7.15. The first kappa shape index (κ1) is 23.7. The molecule has 4 aromatic rings. The Balaban J connectivity index is 1.45. The lowest BCUT2D eigenvalue weighted by atomic mass is 10.1. The van der Waals surface area contributed by atoms with Gasteiger partial charge in [0.05, 0.1) is 24.4 Å². The highest BCUT2D eigenvalue weighted by molar-refractivity contribution is 5.83. The maximum Gasteiger partial charge on any atom is 0.150 e. The van der Waals surface area contributed by atoms with Gasteiger partial charge < -0.3 is 14.4 Å². The number of benzene rings is 3. The molecule has 0 saturated heterocycles. The zero-order chi connectivity index (χ0) is 23.8. The Morgan fingerprint density at radius 3 is 2.32 bits per heavy atom. The third kappa shape index (κ3) is 5.91. The van der Waals surface area contributed by atoms with E-state index in [1.54, 1.807) is 0 Å². The van der Waals surface area contributed by atoms with E-state index in [0.29, 0.717) is 12.4 Å². The minimum Gasteiger partial charge on any atom is -0.485 e. The molecular weight excluding hydrogens is 427 g/mol. The third-order valence-corrected chi connectivity index (χ3v) is 5.85. The van der Waals surface area contributed by atoms with Crippen molar-refractivity contribution < 1.29 is 13.9 Å². The zero-order valence-corrected chi connectivity index (χ0v) is 19.8. The second kappa shape index (κ2) is 11.6. The van der Waals surface area contributed by atoms with Crippen LogP contribution in [-0.2, 0) is 11.3 Å². The molecule has 0 N–H and O–H groups in total. The van der Waals surface area contributed by atoms with E-state index in [1.165, 1.54) is 5.69 Å². The molecule has 0 aliphatic rings. The van der Waals surface area contributed by atoms with Crippen LogP contribution in [0.4, 0.5) is 10.1 Å². The van der Waals surface area contributed by atoms with Crippen LogP contribution in [0.2, 0.25) is 0 Å². The van der Waals surface area contributed by atoms with Crippen molar-refractivity contribution in [2.75, 3.05) is 31.3 Å². The fourth-order valence-electron chi connectivity index (χ4n) is 3.95. The Kier molecular flexibility index (Phi) is 8.10. The first-order valence-electron chi connectivity index (χ1n) is 11.8. The minimum atomic E-state index is -0.669. The molecule has 4 rings (SSSR count). The summed E-state index contributed by atoms with van der Waals surface area (Å²) in [6.07, 6.45) is -0.669. The molecule has 34 heavy (non-hydrogen) atoms. The molecule has 0 bridgehead atoms. The number of hydrogen-bond donors (Lipinski definition) is 0. The number of pyridine rings is 1. The molecule has 1 unspecified atom stereocenters. The molecule has 0 amide bonds. The Labute approximate surface area is 201 Å². The average molecular weight is 459 g/mol. The normalized spacial score (nSPS) is 12.0. The second-order valence-corrected chi connectivity index (χ2v) is 8.17. The lowest BCUT2D eigenvalue weighted by Gasteiger charge is -2.21. The van der Waals surface area contributed by atoms with Crippen molar-refractivity contribution in [1.82, 2.24) is 4.98 Å². The molecule has 0 aliphatic carbocycles. The second-order valence-electron chi connectivity index (χ2n) is 8.17. The molecule has 0 spiro atoms. The van der Waals surface area contributed by atoms with Gasteiger partial charge in [-0.1, -0.05) is 48.5 Å². The van der Waals surface area contributed by atoms with Crippen LogP contribution < -0.4 is 9.64 Å². The smallest absolute Gasteiger partial charge is 0.150 e. The van der Waals surface area contributed by atoms with E-state index < -0.39 is 12.8 Å². The summed E-state index contributed by atoms with van der Waals surface area (Å²) in [6.45, 7) is 6.25. The number of hydrogen-bond acceptors (Lipinski definition) is 4. The summed E-state index contributed by atoms with van der Waals surface area (Å²) in [5.74, 6) is 0.583. The van der Waals surface area contributed by atoms with E-state index in [1.807, 2.05) is 54.6 Å². The Morgan fingerprint density at radius 2 is 1.62 bits per heavy atom. The fraction of sp³-hybridized carbons (Fsp3) is 0.276. The molecule has 0 radical (unpaired) electrons. The highest BCUT2D eigenvalue weighted by Gasteiger charge is 2.12. The number of alkyl halides is 1. The SMILES string of the molecule is CCN(CC)c1ccc(-c2ccc3ccc(OC(CF)COCc4ccccc4)cc3n2)cc1. The first-order valence-corrected chi connectivity index (χ1v) is 11.8. The highest BCUT2D eigenvalue weighted by Crippen LogP contribution is 2.26. The number of fused-ring (bicyclic) bond motifs is 1. The summed E-state index contributed by atoms with van der Waals surface area (Å²) in [6, 6.07) is 28.0. The van der Waals surface area contributed by atoms with Gasteiger partial charge in [-0.3, -0.25) is 0 Å². The minimum absolute atomic E-state index is 0.176. The van der Waals surface area contributed by atoms with Gasteiger partial charge in [0.2, 0.25) is 0 Å². The number of aromatic nitrogens is 1. The number of rotatable bonds is 11. The summed E-state index contributed by atoms with van der Waals surface area (Å²) in [7, 11) is 0. The van der Waals surface area contributed by atoms with Gasteiger partial charge in [-0.2, -0.15) is 0 Å². The van der Waals surface area contributed by atoms with Gasteiger partial charge in [-0.15, -0.1) is 0 Å². The summed E-state index contributed by atoms with van der Waals surface area (Å²) >= 11 is 0. The number of ether oxygens (including phenoxy) is 2. The molecule has 1 aromatic heterocycles. The van der Waals surface area contributed by atoms with Gasteiger partial charge in [0.1, 0.15) is 12.4 Å². The number of halogens is 1. The van der Waals surface area contributed by atoms with Gasteiger partial charge in [0.15, 0.2) is 6.10 Å². The third-order valence-electron chi connectivity index (χ3n) is 5.85. The summed E-state index contributed by atoms with van der Waals surface area (Å²) < 4.78 is 25.1. The predicted molar refractivity (Wildman–Crippen MR) is 137 cm³/mol. The van der Waals surface area contributed by atoms with E-state index in [9.17, 15) is 4.39 Å². The number of nitrogens with zero attached hydrogens (tertiary/aromatic N) is 2. The van der Waals surface area contributed by atoms with Crippen LogP contribution in [0.3, 0.4) is 0 Å². The maximum atomic E-state index is 13.6. The molecule has 4 nitrogen and oxygen atoms in total. The van der Waals surface area contributed by atoms with Gasteiger partial charge in [-0.25, -0.2) is 9.37 Å². The molecule has 0 fully saturated rings. The van der Waals surface area contributed by atoms with Crippen molar-refractivity contribution in [3.05, 3.63) is 90.5 Å². The fourth-order valence-corrected chi connectivity index (χ4v) is 3.95. The van der Waals surface area contributed by atoms with Crippen LogP contribution in [0.1, 0.15) is 19.4 Å². The average Bonchev–Trinajstić information content (AvgIpc) is 2.89. The van der Waals surface area contributed by atoms with Crippen LogP contribution in [-0.4, -0.2) is 37.5 Å². The van der Waals surface area contributed by atoms with E-state index in [4.69, 9.17) is 14.5 Å². The Morgan fingerprint density at radius 1 is 0.882 bits per heavy atom. The zero-order valence-electron chi connectivity index (χ0n) is 19.8. The standard InChI is InChI=1S/C29H31FN2O2/c1-3-32(4-2)25-14-10-23(11-15-25)28-17-13-24-12-16-26(18-29(24)31-28)34-27(19-30)21-33-20-22-8-6-5-7-9-22/h5-18,27H,3-4,19-21H2,1-2H3. The van der Waals surface area contributed by atoms with E-state index >= 15 is 0 Å². The van der Waals surface area contributed by atoms with Crippen molar-refractivity contribution in [2.24, 2.45) is 0 Å². The molecule has 5 heteroatoms. The molecular formula is C29H31FN2O2. The van der Waals surface area contributed by atoms with E-state index in [2.05, 4.69) is 49.1 Å². The van der Waals surface area contributed by atoms with Crippen molar-refractivity contribution in [1.29, 1.82) is 0 Å². The quantitative estimate of drug-likeness (QED) is 0.251. The highest BCUT2D eigenvalue weighted by atomic mass is 19.1. The lowest BCUT2D eigenvalue weighted by Crippen LogP contribution is -2.25. The maximum absolute atomic E-state index is 13.6.